The highest BCUT2D eigenvalue weighted by molar-refractivity contribution is 7.89. The van der Waals surface area contributed by atoms with Crippen LogP contribution in [0.5, 0.6) is 0 Å². The molecule has 2 N–H and O–H groups in total. The molecule has 0 radical (unpaired) electrons. The molecule has 0 atom stereocenters. The molecule has 1 aromatic heterocycles. The van der Waals surface area contributed by atoms with Crippen LogP contribution in [0.2, 0.25) is 15.1 Å². The van der Waals surface area contributed by atoms with Crippen molar-refractivity contribution in [3.63, 3.8) is 0 Å². The molecule has 0 aliphatic carbocycles. The van der Waals surface area contributed by atoms with Crippen molar-refractivity contribution in [2.45, 2.75) is 11.1 Å². The zero-order valence-electron chi connectivity index (χ0n) is 13.5. The van der Waals surface area contributed by atoms with E-state index in [1.807, 2.05) is 0 Å². The topological polar surface area (TPSA) is 78.0 Å². The summed E-state index contributed by atoms with van der Waals surface area (Å²) < 4.78 is 63.4. The van der Waals surface area contributed by atoms with E-state index in [4.69, 9.17) is 39.9 Å². The van der Waals surface area contributed by atoms with Gasteiger partial charge in [-0.25, -0.2) is 18.2 Å². The van der Waals surface area contributed by atoms with Gasteiger partial charge in [-0.3, -0.25) is 0 Å². The van der Waals surface area contributed by atoms with E-state index < -0.39 is 21.9 Å². The minimum absolute atomic E-state index is 0.0242. The number of hydrogen-bond donors (Lipinski definition) is 1. The van der Waals surface area contributed by atoms with E-state index in [9.17, 15) is 21.6 Å². The molecule has 3 rings (SSSR count). The smallest absolute Gasteiger partial charge is 0.233 e. The first-order valence-corrected chi connectivity index (χ1v) is 10.0. The number of alkyl halides is 3. The normalized spacial score (nSPS) is 12.4. The zero-order valence-corrected chi connectivity index (χ0v) is 16.6. The molecule has 0 saturated heterocycles. The lowest BCUT2D eigenvalue weighted by Crippen LogP contribution is -2.12. The third kappa shape index (κ3) is 4.13. The number of aromatic nitrogens is 2. The molecule has 1 heterocycles. The maximum Gasteiger partial charge on any atom is 0.435 e. The van der Waals surface area contributed by atoms with Crippen LogP contribution in [0.4, 0.5) is 13.2 Å². The second-order valence-corrected chi connectivity index (χ2v) is 8.37. The summed E-state index contributed by atoms with van der Waals surface area (Å²) in [4.78, 5) is -0.196. The van der Waals surface area contributed by atoms with Crippen molar-refractivity contribution in [3.05, 3.63) is 63.2 Å². The Hall–Kier alpha value is -1.78. The highest BCUT2D eigenvalue weighted by Crippen LogP contribution is 2.38. The van der Waals surface area contributed by atoms with Gasteiger partial charge in [-0.1, -0.05) is 34.8 Å². The van der Waals surface area contributed by atoms with Gasteiger partial charge in [0.05, 0.1) is 31.3 Å². The first kappa shape index (κ1) is 20.9. The summed E-state index contributed by atoms with van der Waals surface area (Å²) >= 11 is 17.9. The Morgan fingerprint density at radius 3 is 1.96 bits per heavy atom. The molecule has 0 aliphatic heterocycles. The van der Waals surface area contributed by atoms with Crippen molar-refractivity contribution in [3.8, 4) is 16.9 Å². The second kappa shape index (κ2) is 7.23. The third-order valence-electron chi connectivity index (χ3n) is 3.69. The molecule has 2 aromatic carbocycles. The lowest BCUT2D eigenvalue weighted by atomic mass is 10.1. The zero-order chi connectivity index (χ0) is 20.9. The molecular formula is C16H9Cl3F3N3O2S. The van der Waals surface area contributed by atoms with E-state index in [0.717, 1.165) is 22.9 Å². The molecule has 0 spiro atoms. The molecule has 148 valence electrons. The first-order chi connectivity index (χ1) is 12.9. The van der Waals surface area contributed by atoms with Crippen molar-refractivity contribution in [2.24, 2.45) is 5.14 Å². The molecule has 0 bridgehead atoms. The number of rotatable bonds is 3. The van der Waals surface area contributed by atoms with Gasteiger partial charge >= 0.3 is 6.18 Å². The van der Waals surface area contributed by atoms with Crippen LogP contribution in [-0.2, 0) is 16.2 Å². The number of hydrogen-bond acceptors (Lipinski definition) is 3. The van der Waals surface area contributed by atoms with Gasteiger partial charge < -0.3 is 0 Å². The summed E-state index contributed by atoms with van der Waals surface area (Å²) in [5.74, 6) is 0. The summed E-state index contributed by atoms with van der Waals surface area (Å²) in [6.45, 7) is 0. The average Bonchev–Trinajstić information content (AvgIpc) is 3.04. The fourth-order valence-corrected chi connectivity index (χ4v) is 3.51. The summed E-state index contributed by atoms with van der Waals surface area (Å²) in [6.07, 6.45) is -4.71. The predicted molar refractivity (Wildman–Crippen MR) is 100 cm³/mol. The van der Waals surface area contributed by atoms with Gasteiger partial charge in [-0.05, 0) is 42.5 Å². The fourth-order valence-electron chi connectivity index (χ4n) is 2.40. The number of nitrogens with two attached hydrogens (primary N) is 1. The van der Waals surface area contributed by atoms with Crippen molar-refractivity contribution in [2.75, 3.05) is 0 Å². The molecule has 12 heteroatoms. The summed E-state index contributed by atoms with van der Waals surface area (Å²) in [5.41, 5.74) is -0.727. The minimum Gasteiger partial charge on any atom is -0.233 e. The molecule has 0 saturated carbocycles. The molecule has 0 amide bonds. The van der Waals surface area contributed by atoms with E-state index in [1.165, 1.54) is 24.3 Å². The Morgan fingerprint density at radius 1 is 0.964 bits per heavy atom. The van der Waals surface area contributed by atoms with Crippen molar-refractivity contribution in [1.29, 1.82) is 0 Å². The Morgan fingerprint density at radius 2 is 1.50 bits per heavy atom. The van der Waals surface area contributed by atoms with Gasteiger partial charge in [-0.15, -0.1) is 0 Å². The number of primary sulfonamides is 1. The number of sulfonamides is 1. The Labute approximate surface area is 172 Å². The van der Waals surface area contributed by atoms with E-state index in [1.54, 1.807) is 0 Å². The quantitative estimate of drug-likeness (QED) is 0.537. The van der Waals surface area contributed by atoms with E-state index in [0.29, 0.717) is 0 Å². The minimum atomic E-state index is -4.71. The van der Waals surface area contributed by atoms with Crippen molar-refractivity contribution >= 4 is 44.8 Å². The van der Waals surface area contributed by atoms with Crippen molar-refractivity contribution < 1.29 is 21.6 Å². The van der Waals surface area contributed by atoms with Crippen LogP contribution in [0.15, 0.2) is 47.4 Å². The number of halogens is 6. The van der Waals surface area contributed by atoms with Gasteiger partial charge in [0.25, 0.3) is 0 Å². The predicted octanol–water partition coefficient (Wildman–Crippen LogP) is 5.17. The molecular weight excluding hydrogens is 462 g/mol. The molecule has 0 unspecified atom stereocenters. The molecule has 5 nitrogen and oxygen atoms in total. The van der Waals surface area contributed by atoms with Crippen LogP contribution in [0.1, 0.15) is 5.69 Å². The summed E-state index contributed by atoms with van der Waals surface area (Å²) in [5, 5.41) is 8.79. The highest BCUT2D eigenvalue weighted by atomic mass is 35.5. The molecule has 0 fully saturated rings. The Balaban J connectivity index is 2.22. The first-order valence-electron chi connectivity index (χ1n) is 7.33. The maximum atomic E-state index is 13.2. The second-order valence-electron chi connectivity index (χ2n) is 5.62. The van der Waals surface area contributed by atoms with Crippen LogP contribution in [-0.4, -0.2) is 18.2 Å². The lowest BCUT2D eigenvalue weighted by Gasteiger charge is -2.10. The Bertz CT molecular complexity index is 1140. The highest BCUT2D eigenvalue weighted by Gasteiger charge is 2.35. The van der Waals surface area contributed by atoms with Crippen LogP contribution < -0.4 is 5.14 Å². The van der Waals surface area contributed by atoms with Crippen molar-refractivity contribution in [1.82, 2.24) is 9.78 Å². The van der Waals surface area contributed by atoms with Gasteiger partial charge in [0.2, 0.25) is 10.0 Å². The van der Waals surface area contributed by atoms with Gasteiger partial charge in [0, 0.05) is 5.56 Å². The molecule has 28 heavy (non-hydrogen) atoms. The Kier molecular flexibility index (Phi) is 5.41. The van der Waals surface area contributed by atoms with E-state index >= 15 is 0 Å². The van der Waals surface area contributed by atoms with Gasteiger partial charge in [-0.2, -0.15) is 18.3 Å². The summed E-state index contributed by atoms with van der Waals surface area (Å²) in [7, 11) is -3.96. The standard InChI is InChI=1S/C16H9Cl3F3N3O2S/c17-11-5-8(6-12(18)15(11)19)13-7-14(16(20,21)22)24-25(13)9-1-3-10(4-2-9)28(23,26)27/h1-7H,(H2,23,26,27). The average molecular weight is 471 g/mol. The third-order valence-corrected chi connectivity index (χ3v) is 5.82. The number of benzene rings is 2. The van der Waals surface area contributed by atoms with Crippen LogP contribution in [0.3, 0.4) is 0 Å². The summed E-state index contributed by atoms with van der Waals surface area (Å²) in [6, 6.07) is 8.38. The van der Waals surface area contributed by atoms with Crippen LogP contribution in [0, 0.1) is 0 Å². The monoisotopic (exact) mass is 469 g/mol. The SMILES string of the molecule is NS(=O)(=O)c1ccc(-n2nc(C(F)(F)F)cc2-c2cc(Cl)c(Cl)c(Cl)c2)cc1. The fraction of sp³-hybridized carbons (Fsp3) is 0.0625. The van der Waals surface area contributed by atoms with Gasteiger partial charge in [0.15, 0.2) is 5.69 Å². The van der Waals surface area contributed by atoms with Gasteiger partial charge in [0.1, 0.15) is 0 Å². The van der Waals surface area contributed by atoms with Crippen LogP contribution in [0.25, 0.3) is 16.9 Å². The molecule has 0 aliphatic rings. The maximum absolute atomic E-state index is 13.2. The molecule has 3 aromatic rings. The van der Waals surface area contributed by atoms with E-state index in [-0.39, 0.29) is 36.9 Å². The lowest BCUT2D eigenvalue weighted by molar-refractivity contribution is -0.141. The largest absolute Gasteiger partial charge is 0.435 e. The number of nitrogens with zero attached hydrogens (tertiary/aromatic N) is 2. The van der Waals surface area contributed by atoms with Crippen LogP contribution >= 0.6 is 34.8 Å². The van der Waals surface area contributed by atoms with E-state index in [2.05, 4.69) is 5.10 Å².